The molecule has 4 heteroatoms. The van der Waals surface area contributed by atoms with Gasteiger partial charge >= 0.3 is 0 Å². The number of fused-ring (bicyclic) bond motifs is 1. The quantitative estimate of drug-likeness (QED) is 0.645. The van der Waals surface area contributed by atoms with Crippen LogP contribution in [0.5, 0.6) is 0 Å². The van der Waals surface area contributed by atoms with Gasteiger partial charge < -0.3 is 0 Å². The summed E-state index contributed by atoms with van der Waals surface area (Å²) in [6, 6.07) is 7.83. The average molecular weight is 189 g/mol. The second-order valence-corrected chi connectivity index (χ2v) is 3.22. The van der Waals surface area contributed by atoms with E-state index in [0.29, 0.717) is 10.2 Å². The smallest absolute Gasteiger partial charge is 0.138 e. The van der Waals surface area contributed by atoms with Gasteiger partial charge in [0.1, 0.15) is 16.3 Å². The Morgan fingerprint density at radius 3 is 3.00 bits per heavy atom. The molecule has 0 aliphatic carbocycles. The molecule has 0 atom stereocenters. The highest BCUT2D eigenvalue weighted by atomic mass is 32.1. The highest BCUT2D eigenvalue weighted by Crippen LogP contribution is 2.12. The van der Waals surface area contributed by atoms with Gasteiger partial charge in [-0.3, -0.25) is 9.61 Å². The molecule has 3 nitrogen and oxygen atoms in total. The molecule has 2 rings (SSSR count). The Labute approximate surface area is 80.2 Å². The number of hydrogen-bond acceptors (Lipinski definition) is 2. The van der Waals surface area contributed by atoms with Crippen molar-refractivity contribution in [3.05, 3.63) is 34.1 Å². The largest absolute Gasteiger partial charge is 0.282 e. The fourth-order valence-electron chi connectivity index (χ4n) is 1.34. The lowest BCUT2D eigenvalue weighted by Gasteiger charge is -1.97. The number of pyridine rings is 1. The van der Waals surface area contributed by atoms with Crippen molar-refractivity contribution in [1.29, 1.82) is 5.26 Å². The van der Waals surface area contributed by atoms with Crippen molar-refractivity contribution in [1.82, 2.24) is 9.61 Å². The lowest BCUT2D eigenvalue weighted by atomic mass is 10.3. The molecule has 0 saturated heterocycles. The Morgan fingerprint density at radius 2 is 2.31 bits per heavy atom. The molecule has 0 fully saturated rings. The van der Waals surface area contributed by atoms with E-state index in [4.69, 9.17) is 17.5 Å². The third kappa shape index (κ3) is 1.05. The van der Waals surface area contributed by atoms with Gasteiger partial charge in [0.15, 0.2) is 0 Å². The van der Waals surface area contributed by atoms with E-state index in [0.717, 1.165) is 11.2 Å². The van der Waals surface area contributed by atoms with Crippen LogP contribution in [0, 0.1) is 22.9 Å². The SMILES string of the molecule is Cc1cccc2c(C#N)c(=S)[nH]n12. The molecule has 0 unspecified atom stereocenters. The molecule has 0 aromatic carbocycles. The van der Waals surface area contributed by atoms with E-state index in [-0.39, 0.29) is 0 Å². The lowest BCUT2D eigenvalue weighted by molar-refractivity contribution is 0.908. The zero-order valence-electron chi connectivity index (χ0n) is 7.03. The summed E-state index contributed by atoms with van der Waals surface area (Å²) in [7, 11) is 0. The van der Waals surface area contributed by atoms with Gasteiger partial charge in [-0.1, -0.05) is 18.3 Å². The zero-order chi connectivity index (χ0) is 9.42. The number of aryl methyl sites for hydroxylation is 1. The summed E-state index contributed by atoms with van der Waals surface area (Å²) in [6.45, 7) is 1.96. The van der Waals surface area contributed by atoms with E-state index in [1.54, 1.807) is 0 Å². The number of hydrogen-bond donors (Lipinski definition) is 1. The number of aromatic amines is 1. The van der Waals surface area contributed by atoms with Crippen molar-refractivity contribution in [3.63, 3.8) is 0 Å². The van der Waals surface area contributed by atoms with E-state index < -0.39 is 0 Å². The fourth-order valence-corrected chi connectivity index (χ4v) is 1.58. The maximum absolute atomic E-state index is 8.85. The molecule has 0 aliphatic heterocycles. The molecule has 64 valence electrons. The van der Waals surface area contributed by atoms with E-state index in [1.165, 1.54) is 0 Å². The molecule has 2 aromatic rings. The first-order valence-electron chi connectivity index (χ1n) is 3.84. The van der Waals surface area contributed by atoms with Gasteiger partial charge in [-0.15, -0.1) is 0 Å². The van der Waals surface area contributed by atoms with Gasteiger partial charge in [-0.25, -0.2) is 0 Å². The Balaban J connectivity index is 3.05. The summed E-state index contributed by atoms with van der Waals surface area (Å²) in [4.78, 5) is 0. The zero-order valence-corrected chi connectivity index (χ0v) is 7.85. The van der Waals surface area contributed by atoms with Crippen LogP contribution in [0.4, 0.5) is 0 Å². The monoisotopic (exact) mass is 189 g/mol. The first kappa shape index (κ1) is 8.02. The fraction of sp³-hybridized carbons (Fsp3) is 0.111. The van der Waals surface area contributed by atoms with Gasteiger partial charge in [0.2, 0.25) is 0 Å². The number of nitrogens with one attached hydrogen (secondary N) is 1. The molecule has 1 N–H and O–H groups in total. The Hall–Kier alpha value is -1.60. The summed E-state index contributed by atoms with van der Waals surface area (Å²) < 4.78 is 2.32. The number of nitrogens with zero attached hydrogens (tertiary/aromatic N) is 2. The molecule has 2 aromatic heterocycles. The molecule has 2 heterocycles. The maximum atomic E-state index is 8.85. The van der Waals surface area contributed by atoms with E-state index in [2.05, 4.69) is 11.2 Å². The molecular weight excluding hydrogens is 182 g/mol. The molecule has 0 saturated carbocycles. The van der Waals surface area contributed by atoms with Crippen LogP contribution in [0.2, 0.25) is 0 Å². The second kappa shape index (κ2) is 2.71. The Morgan fingerprint density at radius 1 is 1.54 bits per heavy atom. The molecule has 13 heavy (non-hydrogen) atoms. The van der Waals surface area contributed by atoms with Gasteiger partial charge in [-0.05, 0) is 19.1 Å². The molecule has 0 amide bonds. The van der Waals surface area contributed by atoms with Crippen LogP contribution in [0.3, 0.4) is 0 Å². The van der Waals surface area contributed by atoms with E-state index in [1.807, 2.05) is 29.6 Å². The summed E-state index contributed by atoms with van der Waals surface area (Å²) in [5, 5.41) is 11.8. The van der Waals surface area contributed by atoms with Crippen LogP contribution in [-0.2, 0) is 0 Å². The molecule has 0 bridgehead atoms. The van der Waals surface area contributed by atoms with Crippen LogP contribution in [0.1, 0.15) is 11.3 Å². The normalized spacial score (nSPS) is 10.2. The summed E-state index contributed by atoms with van der Waals surface area (Å²) in [6.07, 6.45) is 0. The number of aromatic nitrogens is 2. The molecule has 0 aliphatic rings. The standard InChI is InChI=1S/C9H7N3S/c1-6-3-2-4-8-7(5-10)9(13)11-12(6)8/h2-4H,1H3,(H,11,13). The minimum atomic E-state index is 0.497. The highest BCUT2D eigenvalue weighted by molar-refractivity contribution is 7.71. The van der Waals surface area contributed by atoms with Crippen molar-refractivity contribution in [2.24, 2.45) is 0 Å². The minimum Gasteiger partial charge on any atom is -0.282 e. The predicted molar refractivity (Wildman–Crippen MR) is 52.0 cm³/mol. The topological polar surface area (TPSA) is 44.0 Å². The molecular formula is C9H7N3S. The van der Waals surface area contributed by atoms with Crippen LogP contribution >= 0.6 is 12.2 Å². The second-order valence-electron chi connectivity index (χ2n) is 2.82. The first-order valence-corrected chi connectivity index (χ1v) is 4.25. The van der Waals surface area contributed by atoms with Crippen molar-refractivity contribution >= 4 is 17.7 Å². The van der Waals surface area contributed by atoms with Crippen LogP contribution < -0.4 is 0 Å². The van der Waals surface area contributed by atoms with Crippen LogP contribution in [0.15, 0.2) is 18.2 Å². The number of rotatable bonds is 0. The Bertz CT molecular complexity index is 556. The molecule has 0 radical (unpaired) electrons. The van der Waals surface area contributed by atoms with Gasteiger partial charge in [0, 0.05) is 5.69 Å². The van der Waals surface area contributed by atoms with E-state index >= 15 is 0 Å². The lowest BCUT2D eigenvalue weighted by Crippen LogP contribution is -1.91. The van der Waals surface area contributed by atoms with Gasteiger partial charge in [-0.2, -0.15) is 5.26 Å². The number of nitriles is 1. The summed E-state index contributed by atoms with van der Waals surface area (Å²) in [5.41, 5.74) is 2.41. The first-order chi connectivity index (χ1) is 6.24. The highest BCUT2D eigenvalue weighted by Gasteiger charge is 2.04. The third-order valence-electron chi connectivity index (χ3n) is 1.99. The third-order valence-corrected chi connectivity index (χ3v) is 2.29. The van der Waals surface area contributed by atoms with Crippen LogP contribution in [0.25, 0.3) is 5.52 Å². The molecule has 0 spiro atoms. The van der Waals surface area contributed by atoms with Crippen LogP contribution in [-0.4, -0.2) is 9.61 Å². The summed E-state index contributed by atoms with van der Waals surface area (Å²) in [5.74, 6) is 0. The number of H-pyrrole nitrogens is 1. The summed E-state index contributed by atoms with van der Waals surface area (Å²) >= 11 is 5.01. The van der Waals surface area contributed by atoms with Crippen molar-refractivity contribution in [2.45, 2.75) is 6.92 Å². The van der Waals surface area contributed by atoms with Gasteiger partial charge in [0.25, 0.3) is 0 Å². The Kier molecular flexibility index (Phi) is 1.67. The average Bonchev–Trinajstić information content (AvgIpc) is 2.43. The van der Waals surface area contributed by atoms with Crippen molar-refractivity contribution in [2.75, 3.05) is 0 Å². The minimum absolute atomic E-state index is 0.497. The van der Waals surface area contributed by atoms with Crippen molar-refractivity contribution in [3.8, 4) is 6.07 Å². The van der Waals surface area contributed by atoms with Gasteiger partial charge in [0.05, 0.1) is 5.52 Å². The van der Waals surface area contributed by atoms with E-state index in [9.17, 15) is 0 Å². The van der Waals surface area contributed by atoms with Crippen molar-refractivity contribution < 1.29 is 0 Å². The predicted octanol–water partition coefficient (Wildman–Crippen LogP) is 2.18. The maximum Gasteiger partial charge on any atom is 0.138 e.